The number of carbonyl (C=O) groups is 1. The van der Waals surface area contributed by atoms with Crippen LogP contribution >= 0.6 is 0 Å². The zero-order valence-electron chi connectivity index (χ0n) is 10.9. The molecular weight excluding hydrogens is 224 g/mol. The number of rotatable bonds is 1. The van der Waals surface area contributed by atoms with Crippen LogP contribution in [0.3, 0.4) is 0 Å². The van der Waals surface area contributed by atoms with Gasteiger partial charge in [-0.1, -0.05) is 12.5 Å². The minimum absolute atomic E-state index is 0.129. The van der Waals surface area contributed by atoms with E-state index in [9.17, 15) is 4.79 Å². The Bertz CT molecular complexity index is 446. The first-order valence-electron chi connectivity index (χ1n) is 6.95. The zero-order valence-corrected chi connectivity index (χ0v) is 10.9. The predicted octanol–water partition coefficient (Wildman–Crippen LogP) is 2.65. The van der Waals surface area contributed by atoms with Gasteiger partial charge in [0.05, 0.1) is 0 Å². The molecule has 0 spiro atoms. The number of nitrogens with zero attached hydrogens (tertiary/aromatic N) is 2. The number of amides is 1. The Balaban J connectivity index is 1.79. The van der Waals surface area contributed by atoms with E-state index in [0.717, 1.165) is 30.5 Å². The summed E-state index contributed by atoms with van der Waals surface area (Å²) in [6, 6.07) is 3.85. The molecule has 18 heavy (non-hydrogen) atoms. The van der Waals surface area contributed by atoms with Gasteiger partial charge in [0.2, 0.25) is 0 Å². The van der Waals surface area contributed by atoms with E-state index in [-0.39, 0.29) is 5.91 Å². The Morgan fingerprint density at radius 3 is 2.72 bits per heavy atom. The van der Waals surface area contributed by atoms with Crippen molar-refractivity contribution in [1.29, 1.82) is 0 Å². The van der Waals surface area contributed by atoms with Crippen molar-refractivity contribution < 1.29 is 4.79 Å². The number of pyridine rings is 1. The molecule has 0 unspecified atom stereocenters. The fraction of sp³-hybridized carbons (Fsp3) is 0.600. The molecule has 1 aromatic heterocycles. The molecule has 0 N–H and O–H groups in total. The van der Waals surface area contributed by atoms with E-state index in [4.69, 9.17) is 0 Å². The normalized spacial score (nSPS) is 27.1. The van der Waals surface area contributed by atoms with Gasteiger partial charge < -0.3 is 4.90 Å². The number of aryl methyl sites for hydroxylation is 1. The van der Waals surface area contributed by atoms with E-state index < -0.39 is 0 Å². The van der Waals surface area contributed by atoms with E-state index in [1.165, 1.54) is 25.7 Å². The summed E-state index contributed by atoms with van der Waals surface area (Å²) in [5.41, 5.74) is 1.62. The number of carbonyl (C=O) groups excluding carboxylic acids is 1. The molecule has 2 bridgehead atoms. The van der Waals surface area contributed by atoms with Crippen molar-refractivity contribution in [3.05, 3.63) is 29.6 Å². The summed E-state index contributed by atoms with van der Waals surface area (Å²) in [4.78, 5) is 18.8. The molecule has 1 amide bonds. The second kappa shape index (κ2) is 4.71. The highest BCUT2D eigenvalue weighted by Gasteiger charge is 2.33. The second-order valence-electron chi connectivity index (χ2n) is 5.78. The summed E-state index contributed by atoms with van der Waals surface area (Å²) in [5.74, 6) is 1.58. The smallest absolute Gasteiger partial charge is 0.272 e. The molecule has 3 rings (SSSR count). The molecule has 0 aromatic carbocycles. The van der Waals surface area contributed by atoms with Crippen molar-refractivity contribution in [2.45, 2.75) is 32.6 Å². The molecular formula is C15H20N2O. The fourth-order valence-electron chi connectivity index (χ4n) is 3.46. The van der Waals surface area contributed by atoms with E-state index in [1.54, 1.807) is 6.20 Å². The lowest BCUT2D eigenvalue weighted by molar-refractivity contribution is 0.0498. The Kier molecular flexibility index (Phi) is 3.06. The van der Waals surface area contributed by atoms with Crippen LogP contribution in [-0.4, -0.2) is 28.9 Å². The average Bonchev–Trinajstić information content (AvgIpc) is 2.38. The Morgan fingerprint density at radius 1 is 1.33 bits per heavy atom. The highest BCUT2D eigenvalue weighted by molar-refractivity contribution is 5.93. The van der Waals surface area contributed by atoms with Crippen molar-refractivity contribution in [3.8, 4) is 0 Å². The monoisotopic (exact) mass is 244 g/mol. The highest BCUT2D eigenvalue weighted by Crippen LogP contribution is 2.34. The lowest BCUT2D eigenvalue weighted by Gasteiger charge is -2.41. The van der Waals surface area contributed by atoms with Gasteiger partial charge in [-0.25, -0.2) is 0 Å². The van der Waals surface area contributed by atoms with Crippen LogP contribution in [0.15, 0.2) is 18.3 Å². The minimum Gasteiger partial charge on any atom is -0.337 e. The summed E-state index contributed by atoms with van der Waals surface area (Å²) in [5, 5.41) is 0. The second-order valence-corrected chi connectivity index (χ2v) is 5.78. The molecule has 1 saturated heterocycles. The average molecular weight is 244 g/mol. The third-order valence-electron chi connectivity index (χ3n) is 4.35. The summed E-state index contributed by atoms with van der Waals surface area (Å²) in [6.45, 7) is 3.84. The Hall–Kier alpha value is -1.38. The van der Waals surface area contributed by atoms with Gasteiger partial charge in [-0.2, -0.15) is 0 Å². The molecule has 2 heterocycles. The third kappa shape index (κ3) is 2.14. The Morgan fingerprint density at radius 2 is 2.06 bits per heavy atom. The summed E-state index contributed by atoms with van der Waals surface area (Å²) < 4.78 is 0. The van der Waals surface area contributed by atoms with E-state index in [2.05, 4.69) is 4.98 Å². The maximum absolute atomic E-state index is 12.5. The van der Waals surface area contributed by atoms with Crippen LogP contribution < -0.4 is 0 Å². The van der Waals surface area contributed by atoms with Gasteiger partial charge in [-0.05, 0) is 49.7 Å². The van der Waals surface area contributed by atoms with Gasteiger partial charge >= 0.3 is 0 Å². The molecule has 2 aliphatic rings. The molecule has 3 nitrogen and oxygen atoms in total. The van der Waals surface area contributed by atoms with Gasteiger partial charge in [-0.3, -0.25) is 9.78 Å². The van der Waals surface area contributed by atoms with Crippen LogP contribution in [0.25, 0.3) is 0 Å². The van der Waals surface area contributed by atoms with Crippen LogP contribution in [0.1, 0.15) is 41.7 Å². The first-order chi connectivity index (χ1) is 8.74. The number of likely N-dealkylation sites (tertiary alicyclic amines) is 1. The van der Waals surface area contributed by atoms with E-state index in [0.29, 0.717) is 5.69 Å². The SMILES string of the molecule is Cc1cccnc1C(=O)N1C[C@H]2CCC[C@@H](C2)C1. The van der Waals surface area contributed by atoms with Gasteiger partial charge in [0.15, 0.2) is 0 Å². The van der Waals surface area contributed by atoms with Crippen molar-refractivity contribution in [3.63, 3.8) is 0 Å². The van der Waals surface area contributed by atoms with E-state index in [1.807, 2.05) is 24.0 Å². The van der Waals surface area contributed by atoms with Crippen LogP contribution in [0.2, 0.25) is 0 Å². The van der Waals surface area contributed by atoms with Crippen molar-refractivity contribution in [2.75, 3.05) is 13.1 Å². The van der Waals surface area contributed by atoms with Crippen LogP contribution in [0, 0.1) is 18.8 Å². The third-order valence-corrected chi connectivity index (χ3v) is 4.35. The Labute approximate surface area is 108 Å². The summed E-state index contributed by atoms with van der Waals surface area (Å²) in [7, 11) is 0. The molecule has 2 atom stereocenters. The summed E-state index contributed by atoms with van der Waals surface area (Å²) in [6.07, 6.45) is 6.97. The molecule has 1 aliphatic carbocycles. The standard InChI is InChI=1S/C15H20N2O/c1-11-4-3-7-16-14(11)15(18)17-9-12-5-2-6-13(8-12)10-17/h3-4,7,12-13H,2,5-6,8-10H2,1H3/t12-,13-/m0/s1. The first-order valence-corrected chi connectivity index (χ1v) is 6.95. The van der Waals surface area contributed by atoms with Crippen LogP contribution in [-0.2, 0) is 0 Å². The number of hydrogen-bond donors (Lipinski definition) is 0. The topological polar surface area (TPSA) is 33.2 Å². The minimum atomic E-state index is 0.129. The molecule has 3 heteroatoms. The molecule has 2 fully saturated rings. The number of hydrogen-bond acceptors (Lipinski definition) is 2. The number of aromatic nitrogens is 1. The number of fused-ring (bicyclic) bond motifs is 2. The lowest BCUT2D eigenvalue weighted by Crippen LogP contribution is -2.46. The molecule has 96 valence electrons. The highest BCUT2D eigenvalue weighted by atomic mass is 16.2. The van der Waals surface area contributed by atoms with Gasteiger partial charge in [0, 0.05) is 19.3 Å². The summed E-state index contributed by atoms with van der Waals surface area (Å²) >= 11 is 0. The first kappa shape index (κ1) is 11.7. The fourth-order valence-corrected chi connectivity index (χ4v) is 3.46. The van der Waals surface area contributed by atoms with Crippen molar-refractivity contribution in [1.82, 2.24) is 9.88 Å². The molecule has 0 radical (unpaired) electrons. The maximum atomic E-state index is 12.5. The van der Waals surface area contributed by atoms with Gasteiger partial charge in [-0.15, -0.1) is 0 Å². The lowest BCUT2D eigenvalue weighted by atomic mass is 9.78. The largest absolute Gasteiger partial charge is 0.337 e. The molecule has 1 aromatic rings. The van der Waals surface area contributed by atoms with Crippen LogP contribution in [0.4, 0.5) is 0 Å². The van der Waals surface area contributed by atoms with Crippen molar-refractivity contribution >= 4 is 5.91 Å². The van der Waals surface area contributed by atoms with Gasteiger partial charge in [0.1, 0.15) is 5.69 Å². The maximum Gasteiger partial charge on any atom is 0.272 e. The molecule has 1 aliphatic heterocycles. The zero-order chi connectivity index (χ0) is 12.5. The number of piperidine rings is 1. The van der Waals surface area contributed by atoms with E-state index >= 15 is 0 Å². The molecule has 1 saturated carbocycles. The van der Waals surface area contributed by atoms with Crippen molar-refractivity contribution in [2.24, 2.45) is 11.8 Å². The quantitative estimate of drug-likeness (QED) is 0.761. The van der Waals surface area contributed by atoms with Crippen LogP contribution in [0.5, 0.6) is 0 Å². The predicted molar refractivity (Wildman–Crippen MR) is 70.3 cm³/mol. The van der Waals surface area contributed by atoms with Gasteiger partial charge in [0.25, 0.3) is 5.91 Å².